The number of nitrogens with zero attached hydrogens (tertiary/aromatic N) is 1. The van der Waals surface area contributed by atoms with Crippen LogP contribution >= 0.6 is 11.8 Å². The first-order valence-corrected chi connectivity index (χ1v) is 11.8. The minimum Gasteiger partial charge on any atom is -0.431 e. The highest BCUT2D eigenvalue weighted by molar-refractivity contribution is 7.99. The number of benzene rings is 3. The van der Waals surface area contributed by atoms with Crippen LogP contribution in [0.2, 0.25) is 0 Å². The zero-order valence-corrected chi connectivity index (χ0v) is 19.1. The van der Waals surface area contributed by atoms with Crippen LogP contribution in [0, 0.1) is 0 Å². The highest BCUT2D eigenvalue weighted by Gasteiger charge is 2.18. The number of carbonyl (C=O) groups is 1. The zero-order valence-electron chi connectivity index (χ0n) is 18.3. The lowest BCUT2D eigenvalue weighted by molar-refractivity contribution is -0.113. The van der Waals surface area contributed by atoms with Gasteiger partial charge in [0.05, 0.1) is 5.75 Å². The predicted molar refractivity (Wildman–Crippen MR) is 132 cm³/mol. The Kier molecular flexibility index (Phi) is 7.07. The summed E-state index contributed by atoms with van der Waals surface area (Å²) in [6.45, 7) is 4.20. The van der Waals surface area contributed by atoms with E-state index in [0.717, 1.165) is 46.5 Å². The largest absolute Gasteiger partial charge is 0.431 e. The number of aromatic nitrogens is 1. The average Bonchev–Trinajstić information content (AvgIpc) is 3.28. The summed E-state index contributed by atoms with van der Waals surface area (Å²) in [5, 5.41) is 3.59. The van der Waals surface area contributed by atoms with Crippen LogP contribution in [0.3, 0.4) is 0 Å². The smallest absolute Gasteiger partial charge is 0.257 e. The summed E-state index contributed by atoms with van der Waals surface area (Å²) >= 11 is 1.31. The molecule has 0 aliphatic carbocycles. The van der Waals surface area contributed by atoms with E-state index in [1.165, 1.54) is 11.8 Å². The molecule has 5 heteroatoms. The quantitative estimate of drug-likeness (QED) is 0.303. The predicted octanol–water partition coefficient (Wildman–Crippen LogP) is 6.86. The molecule has 4 aromatic rings. The molecule has 0 unspecified atom stereocenters. The molecule has 0 bridgehead atoms. The van der Waals surface area contributed by atoms with Gasteiger partial charge >= 0.3 is 0 Å². The van der Waals surface area contributed by atoms with Crippen LogP contribution in [0.1, 0.15) is 25.0 Å². The zero-order chi connectivity index (χ0) is 22.3. The number of para-hydroxylation sites is 1. The normalized spacial score (nSPS) is 10.8. The number of hydrogen-bond donors (Lipinski definition) is 1. The van der Waals surface area contributed by atoms with Gasteiger partial charge in [-0.05, 0) is 24.0 Å². The first kappa shape index (κ1) is 21.9. The van der Waals surface area contributed by atoms with E-state index in [1.807, 2.05) is 66.7 Å². The molecule has 0 aliphatic heterocycles. The highest BCUT2D eigenvalue weighted by Crippen LogP contribution is 2.35. The molecule has 3 aromatic carbocycles. The topological polar surface area (TPSA) is 55.1 Å². The number of rotatable bonds is 8. The Morgan fingerprint density at radius 3 is 2.03 bits per heavy atom. The third-order valence-corrected chi connectivity index (χ3v) is 6.11. The van der Waals surface area contributed by atoms with Crippen molar-refractivity contribution in [3.05, 3.63) is 90.0 Å². The number of oxazole rings is 1. The van der Waals surface area contributed by atoms with Crippen molar-refractivity contribution in [3.8, 4) is 22.6 Å². The van der Waals surface area contributed by atoms with E-state index in [9.17, 15) is 4.79 Å². The Hall–Kier alpha value is -3.31. The summed E-state index contributed by atoms with van der Waals surface area (Å²) in [6.07, 6.45) is 1.74. The molecule has 0 fully saturated rings. The summed E-state index contributed by atoms with van der Waals surface area (Å²) in [7, 11) is 0. The van der Waals surface area contributed by atoms with Gasteiger partial charge in [-0.1, -0.05) is 104 Å². The lowest BCUT2D eigenvalue weighted by atomic mass is 10.0. The summed E-state index contributed by atoms with van der Waals surface area (Å²) < 4.78 is 6.12. The number of aryl methyl sites for hydroxylation is 2. The van der Waals surface area contributed by atoms with Gasteiger partial charge in [0.1, 0.15) is 5.69 Å². The second-order valence-corrected chi connectivity index (χ2v) is 8.31. The van der Waals surface area contributed by atoms with Crippen LogP contribution in [-0.4, -0.2) is 16.6 Å². The van der Waals surface area contributed by atoms with Gasteiger partial charge in [0, 0.05) is 16.8 Å². The van der Waals surface area contributed by atoms with E-state index in [0.29, 0.717) is 11.0 Å². The van der Waals surface area contributed by atoms with Gasteiger partial charge in [0.15, 0.2) is 5.76 Å². The Bertz CT molecular complexity index is 1110. The van der Waals surface area contributed by atoms with Crippen LogP contribution < -0.4 is 5.32 Å². The number of amides is 1. The van der Waals surface area contributed by atoms with Crippen molar-refractivity contribution in [1.29, 1.82) is 0 Å². The van der Waals surface area contributed by atoms with Crippen molar-refractivity contribution >= 4 is 23.4 Å². The molecule has 1 heterocycles. The lowest BCUT2D eigenvalue weighted by Crippen LogP contribution is -2.16. The molecule has 0 atom stereocenters. The maximum atomic E-state index is 12.8. The van der Waals surface area contributed by atoms with Crippen molar-refractivity contribution in [2.75, 3.05) is 11.1 Å². The van der Waals surface area contributed by atoms with E-state index in [1.54, 1.807) is 0 Å². The first-order valence-electron chi connectivity index (χ1n) is 10.8. The van der Waals surface area contributed by atoms with E-state index in [2.05, 4.69) is 31.3 Å². The van der Waals surface area contributed by atoms with Gasteiger partial charge in [0.25, 0.3) is 5.22 Å². The molecular formula is C27H26N2O2S. The van der Waals surface area contributed by atoms with Crippen LogP contribution in [0.15, 0.2) is 88.5 Å². The number of thioether (sulfide) groups is 1. The molecule has 32 heavy (non-hydrogen) atoms. The van der Waals surface area contributed by atoms with Gasteiger partial charge < -0.3 is 9.73 Å². The number of anilines is 1. The summed E-state index contributed by atoms with van der Waals surface area (Å²) in [4.78, 5) is 17.5. The number of nitrogens with one attached hydrogen (secondary N) is 1. The molecule has 0 radical (unpaired) electrons. The third kappa shape index (κ3) is 4.94. The van der Waals surface area contributed by atoms with Crippen molar-refractivity contribution in [3.63, 3.8) is 0 Å². The molecule has 4 rings (SSSR count). The third-order valence-electron chi connectivity index (χ3n) is 5.28. The van der Waals surface area contributed by atoms with Crippen molar-refractivity contribution < 1.29 is 9.21 Å². The number of carbonyl (C=O) groups excluding carboxylic acids is 1. The Labute approximate surface area is 193 Å². The Morgan fingerprint density at radius 1 is 0.844 bits per heavy atom. The maximum absolute atomic E-state index is 12.8. The number of hydrogen-bond acceptors (Lipinski definition) is 4. The van der Waals surface area contributed by atoms with E-state index in [4.69, 9.17) is 9.40 Å². The standard InChI is InChI=1S/C27H26N2O2S/c1-3-19-16-11-17-20(4-2)24(19)28-23(30)18-32-27-29-25(21-12-7-5-8-13-21)26(31-27)22-14-9-6-10-15-22/h5-17H,3-4,18H2,1-2H3,(H,28,30). The summed E-state index contributed by atoms with van der Waals surface area (Å²) in [5.74, 6) is 0.875. The second-order valence-electron chi connectivity index (χ2n) is 7.38. The molecule has 0 aliphatic rings. The first-order chi connectivity index (χ1) is 15.7. The van der Waals surface area contributed by atoms with Crippen LogP contribution in [0.25, 0.3) is 22.6 Å². The molecule has 0 saturated heterocycles. The molecule has 1 amide bonds. The average molecular weight is 443 g/mol. The highest BCUT2D eigenvalue weighted by atomic mass is 32.2. The Balaban J connectivity index is 1.54. The molecule has 1 aromatic heterocycles. The fraction of sp³-hybridized carbons (Fsp3) is 0.185. The second kappa shape index (κ2) is 10.3. The molecule has 1 N–H and O–H groups in total. The molecular weight excluding hydrogens is 416 g/mol. The Morgan fingerprint density at radius 2 is 1.44 bits per heavy atom. The fourth-order valence-corrected chi connectivity index (χ4v) is 4.27. The lowest BCUT2D eigenvalue weighted by Gasteiger charge is -2.14. The van der Waals surface area contributed by atoms with E-state index >= 15 is 0 Å². The summed E-state index contributed by atoms with van der Waals surface area (Å²) in [6, 6.07) is 26.1. The maximum Gasteiger partial charge on any atom is 0.257 e. The van der Waals surface area contributed by atoms with Crippen LogP contribution in [0.4, 0.5) is 5.69 Å². The monoisotopic (exact) mass is 442 g/mol. The van der Waals surface area contributed by atoms with Crippen molar-refractivity contribution in [2.24, 2.45) is 0 Å². The molecule has 0 saturated carbocycles. The van der Waals surface area contributed by atoms with Gasteiger partial charge in [-0.15, -0.1) is 0 Å². The minimum atomic E-state index is -0.0636. The fourth-order valence-electron chi connectivity index (χ4n) is 3.65. The molecule has 0 spiro atoms. The van der Waals surface area contributed by atoms with Crippen molar-refractivity contribution in [2.45, 2.75) is 31.9 Å². The van der Waals surface area contributed by atoms with Gasteiger partial charge in [0.2, 0.25) is 5.91 Å². The van der Waals surface area contributed by atoms with E-state index < -0.39 is 0 Å². The summed E-state index contributed by atoms with van der Waals surface area (Å²) in [5.41, 5.74) is 5.96. The van der Waals surface area contributed by atoms with Gasteiger partial charge in [-0.3, -0.25) is 4.79 Å². The minimum absolute atomic E-state index is 0.0636. The van der Waals surface area contributed by atoms with Gasteiger partial charge in [-0.25, -0.2) is 4.98 Å². The van der Waals surface area contributed by atoms with Crippen LogP contribution in [-0.2, 0) is 17.6 Å². The van der Waals surface area contributed by atoms with Gasteiger partial charge in [-0.2, -0.15) is 0 Å². The molecule has 4 nitrogen and oxygen atoms in total. The van der Waals surface area contributed by atoms with Crippen LogP contribution in [0.5, 0.6) is 0 Å². The SMILES string of the molecule is CCc1cccc(CC)c1NC(=O)CSc1nc(-c2ccccc2)c(-c2ccccc2)o1. The van der Waals surface area contributed by atoms with E-state index in [-0.39, 0.29) is 11.7 Å². The molecule has 162 valence electrons. The van der Waals surface area contributed by atoms with Crippen molar-refractivity contribution in [1.82, 2.24) is 4.98 Å².